The molecule has 4 atom stereocenters. The standard InChI is InChI=1S/C6H10O5/c1-10-6-5(9)4(8)3(2-7)11-6/h1,3-9H,2H2/t3-,4+,5?,6-/m1/s1. The Kier molecular flexibility index (Phi) is 2.80. The van der Waals surface area contributed by atoms with E-state index in [2.05, 4.69) is 4.74 Å². The molecule has 2 radical (unpaired) electrons. The predicted octanol–water partition coefficient (Wildman–Crippen LogP) is -1.89. The van der Waals surface area contributed by atoms with Gasteiger partial charge in [0.15, 0.2) is 6.29 Å². The minimum absolute atomic E-state index is 0.377. The number of hydrogen-bond acceptors (Lipinski definition) is 5. The molecule has 1 heterocycles. The van der Waals surface area contributed by atoms with Crippen LogP contribution in [-0.4, -0.2) is 46.5 Å². The highest BCUT2D eigenvalue weighted by molar-refractivity contribution is 4.85. The van der Waals surface area contributed by atoms with Gasteiger partial charge < -0.3 is 24.8 Å². The van der Waals surface area contributed by atoms with Gasteiger partial charge >= 0.3 is 0 Å². The fraction of sp³-hybridized carbons (Fsp3) is 0.833. The first-order valence-electron chi connectivity index (χ1n) is 3.18. The second-order valence-corrected chi connectivity index (χ2v) is 2.34. The third-order valence-electron chi connectivity index (χ3n) is 1.63. The van der Waals surface area contributed by atoms with E-state index >= 15 is 0 Å². The van der Waals surface area contributed by atoms with Crippen LogP contribution in [0.25, 0.3) is 0 Å². The van der Waals surface area contributed by atoms with E-state index in [1.165, 1.54) is 0 Å². The molecule has 0 aromatic heterocycles. The molecule has 0 amide bonds. The molecule has 1 unspecified atom stereocenters. The first-order chi connectivity index (χ1) is 5.20. The first-order valence-corrected chi connectivity index (χ1v) is 3.18. The average molecular weight is 162 g/mol. The molecule has 5 nitrogen and oxygen atoms in total. The molecule has 0 aromatic rings. The summed E-state index contributed by atoms with van der Waals surface area (Å²) in [5.41, 5.74) is 0. The van der Waals surface area contributed by atoms with Crippen LogP contribution in [0.1, 0.15) is 0 Å². The van der Waals surface area contributed by atoms with Gasteiger partial charge in [-0.05, 0) is 0 Å². The highest BCUT2D eigenvalue weighted by atomic mass is 16.7. The largest absolute Gasteiger partial charge is 0.394 e. The van der Waals surface area contributed by atoms with Crippen molar-refractivity contribution in [3.63, 3.8) is 0 Å². The SMILES string of the molecule is [CH]O[C@@H]1O[C@H](CO)[C@H](O)C1O. The van der Waals surface area contributed by atoms with Crippen molar-refractivity contribution in [2.24, 2.45) is 0 Å². The maximum atomic E-state index is 9.09. The van der Waals surface area contributed by atoms with Gasteiger partial charge in [0.2, 0.25) is 0 Å². The number of hydrogen-bond donors (Lipinski definition) is 3. The molecule has 0 bridgehead atoms. The van der Waals surface area contributed by atoms with Crippen molar-refractivity contribution in [1.82, 2.24) is 0 Å². The van der Waals surface area contributed by atoms with Gasteiger partial charge in [0, 0.05) is 0 Å². The van der Waals surface area contributed by atoms with Gasteiger partial charge in [-0.15, -0.1) is 0 Å². The van der Waals surface area contributed by atoms with Gasteiger partial charge in [0.1, 0.15) is 25.4 Å². The summed E-state index contributed by atoms with van der Waals surface area (Å²) in [4.78, 5) is 0. The van der Waals surface area contributed by atoms with Crippen molar-refractivity contribution >= 4 is 0 Å². The topological polar surface area (TPSA) is 79.2 Å². The van der Waals surface area contributed by atoms with Crippen molar-refractivity contribution in [1.29, 1.82) is 0 Å². The number of aliphatic hydroxyl groups excluding tert-OH is 3. The second kappa shape index (κ2) is 3.46. The summed E-state index contributed by atoms with van der Waals surface area (Å²) >= 11 is 0. The lowest BCUT2D eigenvalue weighted by atomic mass is 10.1. The summed E-state index contributed by atoms with van der Waals surface area (Å²) in [6.45, 7) is -0.377. The molecule has 3 N–H and O–H groups in total. The van der Waals surface area contributed by atoms with Gasteiger partial charge in [-0.1, -0.05) is 0 Å². The zero-order chi connectivity index (χ0) is 8.43. The molecule has 11 heavy (non-hydrogen) atoms. The number of ether oxygens (including phenoxy) is 2. The van der Waals surface area contributed by atoms with Crippen LogP contribution < -0.4 is 0 Å². The summed E-state index contributed by atoms with van der Waals surface area (Å²) in [6.07, 6.45) is -4.22. The maximum absolute atomic E-state index is 9.09. The van der Waals surface area contributed by atoms with E-state index in [9.17, 15) is 0 Å². The van der Waals surface area contributed by atoms with Gasteiger partial charge in [0.25, 0.3) is 0 Å². The fourth-order valence-electron chi connectivity index (χ4n) is 0.978. The van der Waals surface area contributed by atoms with Crippen LogP contribution in [0.15, 0.2) is 0 Å². The Morgan fingerprint density at radius 3 is 2.27 bits per heavy atom. The molecule has 1 fully saturated rings. The Hall–Kier alpha value is -0.200. The van der Waals surface area contributed by atoms with Crippen molar-refractivity contribution in [3.8, 4) is 0 Å². The molecular formula is C6H10O5. The van der Waals surface area contributed by atoms with Crippen LogP contribution in [0.3, 0.4) is 0 Å². The molecule has 1 aliphatic rings. The van der Waals surface area contributed by atoms with Gasteiger partial charge in [-0.25, -0.2) is 0 Å². The molecule has 1 saturated heterocycles. The Balaban J connectivity index is 2.53. The highest BCUT2D eigenvalue weighted by Crippen LogP contribution is 2.21. The Morgan fingerprint density at radius 2 is 2.00 bits per heavy atom. The third-order valence-corrected chi connectivity index (χ3v) is 1.63. The molecular weight excluding hydrogens is 152 g/mol. The molecule has 0 saturated carbocycles. The summed E-state index contributed by atoms with van der Waals surface area (Å²) in [7, 11) is 4.73. The third kappa shape index (κ3) is 1.52. The molecule has 0 aliphatic carbocycles. The van der Waals surface area contributed by atoms with Crippen molar-refractivity contribution in [3.05, 3.63) is 7.11 Å². The van der Waals surface area contributed by atoms with E-state index in [0.29, 0.717) is 0 Å². The lowest BCUT2D eigenvalue weighted by Crippen LogP contribution is -2.34. The summed E-state index contributed by atoms with van der Waals surface area (Å²) in [5, 5.41) is 26.7. The zero-order valence-corrected chi connectivity index (χ0v) is 5.75. The average Bonchev–Trinajstić information content (AvgIpc) is 2.30. The van der Waals surface area contributed by atoms with E-state index < -0.39 is 24.6 Å². The van der Waals surface area contributed by atoms with Crippen molar-refractivity contribution < 1.29 is 24.8 Å². The van der Waals surface area contributed by atoms with Crippen LogP contribution >= 0.6 is 0 Å². The van der Waals surface area contributed by atoms with Gasteiger partial charge in [-0.2, -0.15) is 0 Å². The van der Waals surface area contributed by atoms with E-state index in [4.69, 9.17) is 27.2 Å². The normalized spacial score (nSPS) is 44.7. The van der Waals surface area contributed by atoms with Crippen molar-refractivity contribution in [2.45, 2.75) is 24.6 Å². The van der Waals surface area contributed by atoms with Crippen LogP contribution in [0.4, 0.5) is 0 Å². The smallest absolute Gasteiger partial charge is 0.187 e. The molecule has 1 aliphatic heterocycles. The maximum Gasteiger partial charge on any atom is 0.187 e. The second-order valence-electron chi connectivity index (χ2n) is 2.34. The van der Waals surface area contributed by atoms with Gasteiger partial charge in [0.05, 0.1) is 6.61 Å². The molecule has 0 aromatic carbocycles. The monoisotopic (exact) mass is 162 g/mol. The number of rotatable bonds is 2. The van der Waals surface area contributed by atoms with Crippen molar-refractivity contribution in [2.75, 3.05) is 6.61 Å². The molecule has 1 rings (SSSR count). The van der Waals surface area contributed by atoms with E-state index in [1.54, 1.807) is 0 Å². The minimum Gasteiger partial charge on any atom is -0.394 e. The Labute approximate surface area is 64.2 Å². The van der Waals surface area contributed by atoms with E-state index in [0.717, 1.165) is 0 Å². The molecule has 5 heteroatoms. The summed E-state index contributed by atoms with van der Waals surface area (Å²) < 4.78 is 8.97. The summed E-state index contributed by atoms with van der Waals surface area (Å²) in [5.74, 6) is 0. The predicted molar refractivity (Wildman–Crippen MR) is 33.1 cm³/mol. The Morgan fingerprint density at radius 1 is 1.36 bits per heavy atom. The van der Waals surface area contributed by atoms with E-state index in [-0.39, 0.29) is 6.61 Å². The van der Waals surface area contributed by atoms with Crippen LogP contribution in [0, 0.1) is 7.11 Å². The van der Waals surface area contributed by atoms with E-state index in [1.807, 2.05) is 0 Å². The molecule has 64 valence electrons. The lowest BCUT2D eigenvalue weighted by molar-refractivity contribution is -0.140. The van der Waals surface area contributed by atoms with Crippen LogP contribution in [0.2, 0.25) is 0 Å². The quantitative estimate of drug-likeness (QED) is 0.442. The zero-order valence-electron chi connectivity index (χ0n) is 5.75. The lowest BCUT2D eigenvalue weighted by Gasteiger charge is -2.10. The van der Waals surface area contributed by atoms with Crippen LogP contribution in [0.5, 0.6) is 0 Å². The summed E-state index contributed by atoms with van der Waals surface area (Å²) in [6, 6.07) is 0. The highest BCUT2D eigenvalue weighted by Gasteiger charge is 2.42. The van der Waals surface area contributed by atoms with Crippen LogP contribution in [-0.2, 0) is 9.47 Å². The first kappa shape index (κ1) is 8.89. The molecule has 0 spiro atoms. The fourth-order valence-corrected chi connectivity index (χ4v) is 0.978. The van der Waals surface area contributed by atoms with Gasteiger partial charge in [-0.3, -0.25) is 0 Å². The Bertz CT molecular complexity index is 110. The minimum atomic E-state index is -1.20. The number of aliphatic hydroxyl groups is 3.